The van der Waals surface area contributed by atoms with E-state index in [2.05, 4.69) is 4.72 Å². The third kappa shape index (κ3) is 3.46. The van der Waals surface area contributed by atoms with Crippen LogP contribution in [0, 0.1) is 5.92 Å². The maximum absolute atomic E-state index is 12.1. The van der Waals surface area contributed by atoms with Gasteiger partial charge < -0.3 is 9.84 Å². The quantitative estimate of drug-likeness (QED) is 0.704. The van der Waals surface area contributed by atoms with Gasteiger partial charge in [0.1, 0.15) is 0 Å². The lowest BCUT2D eigenvalue weighted by Gasteiger charge is -2.46. The zero-order chi connectivity index (χ0) is 13.9. The van der Waals surface area contributed by atoms with E-state index in [0.717, 1.165) is 25.7 Å². The molecule has 1 saturated heterocycles. The Kier molecular flexibility index (Phi) is 4.84. The van der Waals surface area contributed by atoms with E-state index >= 15 is 0 Å². The summed E-state index contributed by atoms with van der Waals surface area (Å²) in [4.78, 5) is 0. The molecular weight excluding hydrogens is 268 g/mol. The number of fused-ring (bicyclic) bond motifs is 1. The van der Waals surface area contributed by atoms with Crippen molar-refractivity contribution in [2.45, 2.75) is 37.7 Å². The van der Waals surface area contributed by atoms with E-state index in [1.165, 1.54) is 11.4 Å². The summed E-state index contributed by atoms with van der Waals surface area (Å²) in [5.74, 6) is 0.0778. The molecule has 0 aromatic carbocycles. The Hall–Kier alpha value is -0.210. The van der Waals surface area contributed by atoms with Crippen molar-refractivity contribution in [1.82, 2.24) is 9.03 Å². The minimum atomic E-state index is -3.44. The molecule has 2 fully saturated rings. The van der Waals surface area contributed by atoms with Gasteiger partial charge in [-0.05, 0) is 19.3 Å². The molecule has 0 bridgehead atoms. The van der Waals surface area contributed by atoms with Gasteiger partial charge in [0.15, 0.2) is 0 Å². The summed E-state index contributed by atoms with van der Waals surface area (Å²) in [5.41, 5.74) is -0.642. The molecular formula is C12H24N2O4S. The van der Waals surface area contributed by atoms with Gasteiger partial charge in [-0.3, -0.25) is 0 Å². The predicted molar refractivity (Wildman–Crippen MR) is 71.9 cm³/mol. The normalized spacial score (nSPS) is 33.1. The summed E-state index contributed by atoms with van der Waals surface area (Å²) >= 11 is 0. The van der Waals surface area contributed by atoms with Gasteiger partial charge in [-0.15, -0.1) is 0 Å². The van der Waals surface area contributed by atoms with Crippen molar-refractivity contribution >= 4 is 10.2 Å². The largest absolute Gasteiger partial charge is 0.390 e. The molecule has 0 aromatic rings. The van der Waals surface area contributed by atoms with Gasteiger partial charge in [0.05, 0.1) is 12.2 Å². The van der Waals surface area contributed by atoms with E-state index in [1.807, 2.05) is 0 Å². The second-order valence-electron chi connectivity index (χ2n) is 5.55. The maximum Gasteiger partial charge on any atom is 0.279 e. The van der Waals surface area contributed by atoms with E-state index in [9.17, 15) is 13.5 Å². The second kappa shape index (κ2) is 6.05. The highest BCUT2D eigenvalue weighted by Gasteiger charge is 2.45. The molecule has 0 spiro atoms. The van der Waals surface area contributed by atoms with Gasteiger partial charge in [-0.25, -0.2) is 0 Å². The van der Waals surface area contributed by atoms with Crippen molar-refractivity contribution in [1.29, 1.82) is 0 Å². The van der Waals surface area contributed by atoms with Gasteiger partial charge in [0.25, 0.3) is 10.2 Å². The fourth-order valence-corrected chi connectivity index (χ4v) is 4.35. The van der Waals surface area contributed by atoms with Gasteiger partial charge in [0, 0.05) is 32.7 Å². The first-order valence-corrected chi connectivity index (χ1v) is 8.38. The Morgan fingerprint density at radius 3 is 2.95 bits per heavy atom. The Morgan fingerprint density at radius 1 is 1.42 bits per heavy atom. The lowest BCUT2D eigenvalue weighted by Crippen LogP contribution is -2.56. The first-order valence-electron chi connectivity index (χ1n) is 6.94. The number of piperidine rings is 1. The summed E-state index contributed by atoms with van der Waals surface area (Å²) in [6.45, 7) is 1.47. The number of rotatable bonds is 5. The van der Waals surface area contributed by atoms with Crippen LogP contribution < -0.4 is 4.72 Å². The molecule has 0 aromatic heterocycles. The lowest BCUT2D eigenvalue weighted by molar-refractivity contribution is -0.0818. The molecule has 112 valence electrons. The number of nitrogens with one attached hydrogen (secondary N) is 1. The van der Waals surface area contributed by atoms with Gasteiger partial charge in [-0.2, -0.15) is 17.4 Å². The molecule has 7 heteroatoms. The van der Waals surface area contributed by atoms with Crippen LogP contribution in [0.3, 0.4) is 0 Å². The van der Waals surface area contributed by atoms with Crippen molar-refractivity contribution < 1.29 is 18.3 Å². The van der Waals surface area contributed by atoms with E-state index < -0.39 is 15.8 Å². The van der Waals surface area contributed by atoms with E-state index in [4.69, 9.17) is 4.74 Å². The fraction of sp³-hybridized carbons (Fsp3) is 1.00. The molecule has 0 amide bonds. The Balaban J connectivity index is 1.96. The highest BCUT2D eigenvalue weighted by atomic mass is 32.2. The van der Waals surface area contributed by atoms with Gasteiger partial charge >= 0.3 is 0 Å². The van der Waals surface area contributed by atoms with Crippen molar-refractivity contribution in [3.8, 4) is 0 Å². The number of aliphatic hydroxyl groups is 1. The summed E-state index contributed by atoms with van der Waals surface area (Å²) < 4.78 is 33.1. The van der Waals surface area contributed by atoms with Crippen molar-refractivity contribution in [2.24, 2.45) is 5.92 Å². The number of nitrogens with zero attached hydrogens (tertiary/aromatic N) is 1. The number of ether oxygens (including phenoxy) is 1. The molecule has 2 N–H and O–H groups in total. The van der Waals surface area contributed by atoms with Crippen LogP contribution in [0.1, 0.15) is 32.1 Å². The molecule has 2 aliphatic rings. The first-order chi connectivity index (χ1) is 8.98. The topological polar surface area (TPSA) is 78.9 Å². The highest BCUT2D eigenvalue weighted by molar-refractivity contribution is 7.87. The molecule has 2 unspecified atom stereocenters. The van der Waals surface area contributed by atoms with Crippen LogP contribution in [-0.2, 0) is 14.9 Å². The second-order valence-corrected chi connectivity index (χ2v) is 7.30. The number of methoxy groups -OCH3 is 1. The van der Waals surface area contributed by atoms with E-state index in [1.54, 1.807) is 0 Å². The van der Waals surface area contributed by atoms with Crippen molar-refractivity contribution in [2.75, 3.05) is 33.4 Å². The minimum Gasteiger partial charge on any atom is -0.390 e. The Bertz CT molecular complexity index is 401. The Labute approximate surface area is 115 Å². The van der Waals surface area contributed by atoms with Crippen LogP contribution in [0.4, 0.5) is 0 Å². The van der Waals surface area contributed by atoms with E-state index in [0.29, 0.717) is 26.1 Å². The van der Waals surface area contributed by atoms with Crippen LogP contribution >= 0.6 is 0 Å². The van der Waals surface area contributed by atoms with Crippen LogP contribution in [-0.4, -0.2) is 56.8 Å². The molecule has 1 saturated carbocycles. The standard InChI is InChI=1S/C12H24N2O4S/c1-18-9-7-13-19(16,17)14-8-6-12(15)5-3-2-4-11(12)10-14/h11,13,15H,2-10H2,1H3. The van der Waals surface area contributed by atoms with Gasteiger partial charge in [0.2, 0.25) is 0 Å². The summed E-state index contributed by atoms with van der Waals surface area (Å²) in [6, 6.07) is 0. The monoisotopic (exact) mass is 292 g/mol. The van der Waals surface area contributed by atoms with Crippen LogP contribution in [0.25, 0.3) is 0 Å². The molecule has 0 radical (unpaired) electrons. The van der Waals surface area contributed by atoms with Crippen molar-refractivity contribution in [3.05, 3.63) is 0 Å². The zero-order valence-corrected chi connectivity index (χ0v) is 12.3. The molecule has 19 heavy (non-hydrogen) atoms. The maximum atomic E-state index is 12.1. The predicted octanol–water partition coefficient (Wildman–Crippen LogP) is 0.0942. The van der Waals surface area contributed by atoms with Crippen LogP contribution in [0.2, 0.25) is 0 Å². The average molecular weight is 292 g/mol. The summed E-state index contributed by atoms with van der Waals surface area (Å²) in [5, 5.41) is 10.5. The average Bonchev–Trinajstić information content (AvgIpc) is 2.37. The molecule has 2 rings (SSSR count). The molecule has 2 atom stereocenters. The minimum absolute atomic E-state index is 0.0778. The molecule has 6 nitrogen and oxygen atoms in total. The number of hydrogen-bond acceptors (Lipinski definition) is 4. The highest BCUT2D eigenvalue weighted by Crippen LogP contribution is 2.40. The molecule has 1 aliphatic heterocycles. The third-order valence-electron chi connectivity index (χ3n) is 4.32. The smallest absolute Gasteiger partial charge is 0.279 e. The summed E-state index contributed by atoms with van der Waals surface area (Å²) in [6.07, 6.45) is 4.40. The van der Waals surface area contributed by atoms with Crippen LogP contribution in [0.5, 0.6) is 0 Å². The lowest BCUT2D eigenvalue weighted by atomic mass is 9.72. The zero-order valence-electron chi connectivity index (χ0n) is 11.5. The molecule has 1 heterocycles. The number of hydrogen-bond donors (Lipinski definition) is 2. The van der Waals surface area contributed by atoms with Crippen LogP contribution in [0.15, 0.2) is 0 Å². The van der Waals surface area contributed by atoms with E-state index in [-0.39, 0.29) is 12.5 Å². The Morgan fingerprint density at radius 2 is 2.21 bits per heavy atom. The summed E-state index contributed by atoms with van der Waals surface area (Å²) in [7, 11) is -1.90. The first kappa shape index (κ1) is 15.2. The fourth-order valence-electron chi connectivity index (χ4n) is 3.12. The SMILES string of the molecule is COCCNS(=O)(=O)N1CCC2(O)CCCCC2C1. The third-order valence-corrected chi connectivity index (χ3v) is 5.90. The molecule has 1 aliphatic carbocycles. The van der Waals surface area contributed by atoms with Crippen molar-refractivity contribution in [3.63, 3.8) is 0 Å². The van der Waals surface area contributed by atoms with Gasteiger partial charge in [-0.1, -0.05) is 12.8 Å².